The fourth-order valence-corrected chi connectivity index (χ4v) is 0. The van der Waals surface area contributed by atoms with Gasteiger partial charge in [-0.15, -0.1) is 0 Å². The molecule has 4 nitrogen and oxygen atoms in total. The van der Waals surface area contributed by atoms with Crippen molar-refractivity contribution in [1.82, 2.24) is 0 Å². The number of hydrogen-bond acceptors (Lipinski definition) is 0. The first-order valence-corrected chi connectivity index (χ1v) is 0. The third-order valence-electron chi connectivity index (χ3n) is 0. The Morgan fingerprint density at radius 2 is 0.286 bits per heavy atom. The van der Waals surface area contributed by atoms with E-state index in [1.54, 1.807) is 0 Å². The Morgan fingerprint density at radius 1 is 0.286 bits per heavy atom. The Bertz CT molecular complexity index is 6.90. The largest absolute Gasteiger partial charge is 4.00 e. The SMILES string of the molecule is [N-3].[N-3].[N-3].[N-3].[Os+4].[Os+4].[Os+4]. The van der Waals surface area contributed by atoms with Crippen molar-refractivity contribution in [3.63, 3.8) is 0 Å². The molecule has 0 aliphatic carbocycles. The first kappa shape index (κ1) is 172. The minimum Gasteiger partial charge on any atom is -3.00 e. The minimum absolute atomic E-state index is 0. The second-order valence-electron chi connectivity index (χ2n) is 0. The average molecular weight is 627 g/mol. The van der Waals surface area contributed by atoms with Gasteiger partial charge in [-0.25, -0.2) is 0 Å². The van der Waals surface area contributed by atoms with E-state index in [4.69, 9.17) is 0 Å². The Hall–Kier alpha value is 1.75. The van der Waals surface area contributed by atoms with Crippen LogP contribution < -0.4 is 0 Å². The Balaban J connectivity index is 0. The summed E-state index contributed by atoms with van der Waals surface area (Å²) in [5.74, 6) is 0. The predicted molar refractivity (Wildman–Crippen MR) is 13.4 cm³/mol. The van der Waals surface area contributed by atoms with E-state index in [9.17, 15) is 0 Å². The van der Waals surface area contributed by atoms with Gasteiger partial charge in [-0.2, -0.15) is 0 Å². The van der Waals surface area contributed by atoms with Crippen molar-refractivity contribution in [1.29, 1.82) is 0 Å². The van der Waals surface area contributed by atoms with Crippen molar-refractivity contribution in [2.75, 3.05) is 0 Å². The minimum atomic E-state index is 0. The van der Waals surface area contributed by atoms with Crippen LogP contribution in [-0.2, 0) is 59.4 Å². The van der Waals surface area contributed by atoms with Crippen LogP contribution in [0.1, 0.15) is 0 Å². The fraction of sp³-hybridized carbons (Fsp3) is 0. The monoisotopic (exact) mass is 632 g/mol. The molecule has 0 spiro atoms. The smallest absolute Gasteiger partial charge is 3.00 e. The number of hydrogen-bond donors (Lipinski definition) is 0. The summed E-state index contributed by atoms with van der Waals surface area (Å²) < 4.78 is 0. The van der Waals surface area contributed by atoms with E-state index in [2.05, 4.69) is 0 Å². The van der Waals surface area contributed by atoms with Gasteiger partial charge in [-0.05, 0) is 0 Å². The van der Waals surface area contributed by atoms with Crippen LogP contribution >= 0.6 is 0 Å². The summed E-state index contributed by atoms with van der Waals surface area (Å²) in [6.45, 7) is 0. The standard InChI is InChI=1S/4N.3Os/q4*-3;3*+4. The summed E-state index contributed by atoms with van der Waals surface area (Å²) in [4.78, 5) is 0. The molecule has 0 aromatic carbocycles. The number of nitrogens with zero attached hydrogens (tertiary/aromatic N) is 4. The van der Waals surface area contributed by atoms with E-state index in [1.165, 1.54) is 0 Å². The van der Waals surface area contributed by atoms with Crippen molar-refractivity contribution in [3.8, 4) is 0 Å². The Labute approximate surface area is 83.5 Å². The van der Waals surface area contributed by atoms with Crippen molar-refractivity contribution in [3.05, 3.63) is 24.6 Å². The quantitative estimate of drug-likeness (QED) is 0.383. The van der Waals surface area contributed by atoms with Crippen LogP contribution in [-0.4, -0.2) is 0 Å². The molecular formula is N4Os3. The predicted octanol–water partition coefficient (Wildman–Crippen LogP) is 1.15. The molecule has 0 saturated heterocycles. The zero-order valence-corrected chi connectivity index (χ0v) is 10.5. The maximum absolute atomic E-state index is 0. The summed E-state index contributed by atoms with van der Waals surface area (Å²) in [6.07, 6.45) is 0. The van der Waals surface area contributed by atoms with Crippen LogP contribution in [0.15, 0.2) is 0 Å². The molecule has 0 aliphatic heterocycles. The molecule has 0 amide bonds. The van der Waals surface area contributed by atoms with Gasteiger partial charge >= 0.3 is 59.4 Å². The summed E-state index contributed by atoms with van der Waals surface area (Å²) in [6, 6.07) is 0. The van der Waals surface area contributed by atoms with E-state index >= 15 is 0 Å². The maximum Gasteiger partial charge on any atom is 4.00 e. The molecule has 0 aromatic rings. The second-order valence-corrected chi connectivity index (χ2v) is 0. The zero-order chi connectivity index (χ0) is 0. The summed E-state index contributed by atoms with van der Waals surface area (Å²) >= 11 is 0. The molecule has 0 N–H and O–H groups in total. The van der Waals surface area contributed by atoms with Crippen LogP contribution in [0.25, 0.3) is 24.6 Å². The van der Waals surface area contributed by atoms with E-state index in [0.29, 0.717) is 0 Å². The van der Waals surface area contributed by atoms with Gasteiger partial charge in [0.15, 0.2) is 0 Å². The molecule has 44 valence electrons. The molecule has 0 bridgehead atoms. The van der Waals surface area contributed by atoms with Crippen molar-refractivity contribution in [2.24, 2.45) is 0 Å². The third kappa shape index (κ3) is 83.7. The topological polar surface area (TPSA) is 122 Å². The fourth-order valence-electron chi connectivity index (χ4n) is 0. The van der Waals surface area contributed by atoms with Gasteiger partial charge in [0, 0.05) is 0 Å². The molecule has 0 unspecified atom stereocenters. The van der Waals surface area contributed by atoms with E-state index in [-0.39, 0.29) is 84.0 Å². The van der Waals surface area contributed by atoms with Gasteiger partial charge in [0.2, 0.25) is 0 Å². The molecule has 0 saturated carbocycles. The first-order chi connectivity index (χ1) is 0. The Morgan fingerprint density at radius 3 is 0.286 bits per heavy atom. The molecule has 0 heterocycles. The van der Waals surface area contributed by atoms with Crippen molar-refractivity contribution in [2.45, 2.75) is 0 Å². The molecule has 0 fully saturated rings. The van der Waals surface area contributed by atoms with Crippen LogP contribution in [0.5, 0.6) is 0 Å². The van der Waals surface area contributed by atoms with Crippen LogP contribution in [0, 0.1) is 0 Å². The molecule has 0 aliphatic rings. The summed E-state index contributed by atoms with van der Waals surface area (Å²) in [7, 11) is 0. The van der Waals surface area contributed by atoms with E-state index in [1.807, 2.05) is 0 Å². The second kappa shape index (κ2) is 115. The van der Waals surface area contributed by atoms with Crippen LogP contribution in [0.3, 0.4) is 0 Å². The van der Waals surface area contributed by atoms with Gasteiger partial charge in [-0.1, -0.05) is 0 Å². The molecule has 0 radical (unpaired) electrons. The molecule has 0 atom stereocenters. The maximum atomic E-state index is 0. The number of rotatable bonds is 0. The molecule has 7 heteroatoms. The molecule has 7 heavy (non-hydrogen) atoms. The molecular weight excluding hydrogens is 627 g/mol. The van der Waals surface area contributed by atoms with E-state index < -0.39 is 0 Å². The summed E-state index contributed by atoms with van der Waals surface area (Å²) in [5.41, 5.74) is 0. The van der Waals surface area contributed by atoms with Crippen LogP contribution in [0.2, 0.25) is 0 Å². The first-order valence-electron chi connectivity index (χ1n) is 0. The zero-order valence-electron chi connectivity index (χ0n) is 2.85. The van der Waals surface area contributed by atoms with Gasteiger partial charge in [0.1, 0.15) is 0 Å². The third-order valence-corrected chi connectivity index (χ3v) is 0. The molecule has 0 aromatic heterocycles. The van der Waals surface area contributed by atoms with Crippen LogP contribution in [0.4, 0.5) is 0 Å². The van der Waals surface area contributed by atoms with E-state index in [0.717, 1.165) is 0 Å². The van der Waals surface area contributed by atoms with Crippen molar-refractivity contribution < 1.29 is 59.4 Å². The summed E-state index contributed by atoms with van der Waals surface area (Å²) in [5, 5.41) is 0. The Kier molecular flexibility index (Phi) is 2830. The van der Waals surface area contributed by atoms with Gasteiger partial charge in [0.25, 0.3) is 0 Å². The van der Waals surface area contributed by atoms with Gasteiger partial charge in [0.05, 0.1) is 0 Å². The van der Waals surface area contributed by atoms with Crippen molar-refractivity contribution >= 4 is 0 Å². The van der Waals surface area contributed by atoms with Gasteiger partial charge < -0.3 is 24.6 Å². The van der Waals surface area contributed by atoms with Gasteiger partial charge in [-0.3, -0.25) is 0 Å². The average Bonchev–Trinajstić information content (AvgIpc) is 0. The molecule has 0 rings (SSSR count). The normalized spacial score (nSPS) is 0.